The van der Waals surface area contributed by atoms with Crippen LogP contribution in [0.25, 0.3) is 0 Å². The summed E-state index contributed by atoms with van der Waals surface area (Å²) in [5.74, 6) is 3.20. The van der Waals surface area contributed by atoms with Crippen LogP contribution >= 0.6 is 37.9 Å². The van der Waals surface area contributed by atoms with Crippen molar-refractivity contribution in [1.82, 2.24) is 0 Å². The van der Waals surface area contributed by atoms with Crippen molar-refractivity contribution >= 4 is 60.4 Å². The molecule has 0 unspecified atom stereocenters. The number of thiol groups is 3. The van der Waals surface area contributed by atoms with E-state index in [-0.39, 0.29) is 0 Å². The van der Waals surface area contributed by atoms with E-state index in [1.54, 1.807) is 0 Å². The summed E-state index contributed by atoms with van der Waals surface area (Å²) in [7, 11) is 0. The van der Waals surface area contributed by atoms with Gasteiger partial charge in [0.2, 0.25) is 0 Å². The molecule has 2 radical (unpaired) electrons. The standard InChI is InChI=1S/3C12H26S.CH3.Sn.H/c3*1-2-3-4-5-6-7-8-9-10-11-12-13;;;/h3*13H,2-12H2,1H3;1H3;;. The maximum atomic E-state index is 4.20. The molecule has 0 saturated carbocycles. The van der Waals surface area contributed by atoms with E-state index in [1.807, 2.05) is 0 Å². The van der Waals surface area contributed by atoms with Crippen molar-refractivity contribution in [3.63, 3.8) is 0 Å². The Kier molecular flexibility index (Phi) is 69.7. The molecule has 0 atom stereocenters. The third-order valence-corrected chi connectivity index (χ3v) is 8.48. The molecule has 0 fully saturated rings. The Balaban J connectivity index is -0.000000243. The van der Waals surface area contributed by atoms with Gasteiger partial charge in [-0.05, 0) is 36.5 Å². The van der Waals surface area contributed by atoms with Crippen LogP contribution in [0.15, 0.2) is 0 Å². The van der Waals surface area contributed by atoms with E-state index >= 15 is 0 Å². The molecule has 0 aromatic carbocycles. The molecule has 0 spiro atoms. The molecule has 0 aromatic rings. The zero-order valence-electron chi connectivity index (χ0n) is 29.3. The van der Waals surface area contributed by atoms with E-state index in [0.717, 1.165) is 17.3 Å². The molecule has 0 bridgehead atoms. The zero-order valence-corrected chi connectivity index (χ0v) is 35.2. The topological polar surface area (TPSA) is 0 Å². The van der Waals surface area contributed by atoms with Crippen molar-refractivity contribution in [2.24, 2.45) is 0 Å². The average molecular weight is 742 g/mol. The fourth-order valence-electron chi connectivity index (χ4n) is 4.80. The average Bonchev–Trinajstić information content (AvgIpc) is 3.00. The molecule has 4 heteroatoms. The predicted molar refractivity (Wildman–Crippen MR) is 210 cm³/mol. The van der Waals surface area contributed by atoms with E-state index in [1.165, 1.54) is 215 Å². The SMILES string of the molecule is CCCCCCCCCCCCS.CCCCCCCCCCCCS.CCCCCCCCCCCCS.[CH3][SnH]. The summed E-state index contributed by atoms with van der Waals surface area (Å²) in [5, 5.41) is 0. The minimum absolute atomic E-state index is 1.07. The van der Waals surface area contributed by atoms with E-state index in [0.29, 0.717) is 0 Å². The Morgan fingerprint density at radius 3 is 0.488 bits per heavy atom. The second-order valence-electron chi connectivity index (χ2n) is 11.7. The van der Waals surface area contributed by atoms with Crippen LogP contribution in [0.2, 0.25) is 4.94 Å². The summed E-state index contributed by atoms with van der Waals surface area (Å²) in [6.45, 7) is 6.83. The summed E-state index contributed by atoms with van der Waals surface area (Å²) in [6, 6.07) is 0. The number of hydrogen-bond donors (Lipinski definition) is 3. The molecule has 41 heavy (non-hydrogen) atoms. The molecule has 0 rings (SSSR count). The van der Waals surface area contributed by atoms with Crippen LogP contribution in [-0.4, -0.2) is 39.8 Å². The van der Waals surface area contributed by atoms with Crippen molar-refractivity contribution < 1.29 is 0 Å². The monoisotopic (exact) mass is 742 g/mol. The number of rotatable bonds is 30. The Morgan fingerprint density at radius 2 is 0.366 bits per heavy atom. The zero-order chi connectivity index (χ0) is 31.3. The van der Waals surface area contributed by atoms with Crippen LogP contribution in [0.4, 0.5) is 0 Å². The van der Waals surface area contributed by atoms with Gasteiger partial charge in [0.15, 0.2) is 0 Å². The van der Waals surface area contributed by atoms with Crippen molar-refractivity contribution in [1.29, 1.82) is 0 Å². The maximum absolute atomic E-state index is 4.20. The van der Waals surface area contributed by atoms with Gasteiger partial charge >= 0.3 is 27.5 Å². The molecule has 252 valence electrons. The molecule has 0 aromatic heterocycles. The fourth-order valence-corrected chi connectivity index (χ4v) is 5.47. The third kappa shape index (κ3) is 65.5. The van der Waals surface area contributed by atoms with E-state index in [4.69, 9.17) is 0 Å². The molecular formula is C37H82S3Sn. The van der Waals surface area contributed by atoms with Gasteiger partial charge in [-0.2, -0.15) is 37.9 Å². The summed E-state index contributed by atoms with van der Waals surface area (Å²) in [4.78, 5) is 2.13. The fraction of sp³-hybridized carbons (Fsp3) is 1.00. The molecule has 0 aliphatic carbocycles. The number of hydrogen-bond acceptors (Lipinski definition) is 3. The van der Waals surface area contributed by atoms with Crippen LogP contribution in [0.5, 0.6) is 0 Å². The van der Waals surface area contributed by atoms with E-state index in [9.17, 15) is 0 Å². The van der Waals surface area contributed by atoms with Gasteiger partial charge in [0.25, 0.3) is 0 Å². The normalized spacial score (nSPS) is 10.2. The molecule has 0 heterocycles. The van der Waals surface area contributed by atoms with Gasteiger partial charge < -0.3 is 0 Å². The predicted octanol–water partition coefficient (Wildman–Crippen LogP) is 14.4. The molecular weight excluding hydrogens is 659 g/mol. The second-order valence-corrected chi connectivity index (χ2v) is 13.1. The van der Waals surface area contributed by atoms with Crippen LogP contribution in [0.1, 0.15) is 213 Å². The van der Waals surface area contributed by atoms with Crippen LogP contribution in [-0.2, 0) is 0 Å². The molecule has 0 saturated heterocycles. The summed E-state index contributed by atoms with van der Waals surface area (Å²) >= 11 is 14.0. The van der Waals surface area contributed by atoms with Gasteiger partial charge in [0, 0.05) is 0 Å². The van der Waals surface area contributed by atoms with Crippen molar-refractivity contribution in [3.05, 3.63) is 0 Å². The van der Waals surface area contributed by atoms with Crippen LogP contribution < -0.4 is 0 Å². The Morgan fingerprint density at radius 1 is 0.244 bits per heavy atom. The molecule has 0 nitrogen and oxygen atoms in total. The molecule has 0 N–H and O–H groups in total. The van der Waals surface area contributed by atoms with Crippen LogP contribution in [0, 0.1) is 0 Å². The minimum atomic E-state index is 1.07. The van der Waals surface area contributed by atoms with Crippen molar-refractivity contribution in [2.45, 2.75) is 218 Å². The Hall–Kier alpha value is 1.85. The van der Waals surface area contributed by atoms with E-state index < -0.39 is 0 Å². The first-order valence-corrected chi connectivity index (χ1v) is 23.8. The van der Waals surface area contributed by atoms with Gasteiger partial charge in [-0.1, -0.05) is 194 Å². The van der Waals surface area contributed by atoms with Gasteiger partial charge in [0.1, 0.15) is 0 Å². The first-order valence-electron chi connectivity index (χ1n) is 18.6. The van der Waals surface area contributed by atoms with Crippen molar-refractivity contribution in [3.8, 4) is 0 Å². The Bertz CT molecular complexity index is 273. The molecule has 0 amide bonds. The first kappa shape index (κ1) is 49.7. The number of unbranched alkanes of at least 4 members (excludes halogenated alkanes) is 27. The van der Waals surface area contributed by atoms with Gasteiger partial charge in [-0.25, -0.2) is 0 Å². The molecule has 0 aliphatic rings. The molecule has 0 aliphatic heterocycles. The summed E-state index contributed by atoms with van der Waals surface area (Å²) in [6.07, 6.45) is 42.5. The van der Waals surface area contributed by atoms with E-state index in [2.05, 4.69) is 63.6 Å². The van der Waals surface area contributed by atoms with Gasteiger partial charge in [-0.15, -0.1) is 0 Å². The van der Waals surface area contributed by atoms with Crippen LogP contribution in [0.3, 0.4) is 0 Å². The van der Waals surface area contributed by atoms with Crippen molar-refractivity contribution in [2.75, 3.05) is 17.3 Å². The summed E-state index contributed by atoms with van der Waals surface area (Å²) < 4.78 is 0. The quantitative estimate of drug-likeness (QED) is 0.0364. The summed E-state index contributed by atoms with van der Waals surface area (Å²) in [5.41, 5.74) is 0. The third-order valence-electron chi connectivity index (χ3n) is 7.54. The van der Waals surface area contributed by atoms with Gasteiger partial charge in [0.05, 0.1) is 0 Å². The second kappa shape index (κ2) is 57.5. The first-order chi connectivity index (χ1) is 20.2. The Labute approximate surface area is 294 Å². The van der Waals surface area contributed by atoms with Gasteiger partial charge in [-0.3, -0.25) is 0 Å².